The fraction of sp³-hybridized carbons (Fsp3) is 0.600. The van der Waals surface area contributed by atoms with Gasteiger partial charge < -0.3 is 5.73 Å². The van der Waals surface area contributed by atoms with Gasteiger partial charge in [-0.2, -0.15) is 4.31 Å². The summed E-state index contributed by atoms with van der Waals surface area (Å²) in [7, 11) is -3.56. The molecule has 0 aliphatic carbocycles. The van der Waals surface area contributed by atoms with Crippen LogP contribution in [0, 0.1) is 5.92 Å². The van der Waals surface area contributed by atoms with Gasteiger partial charge in [0.2, 0.25) is 10.0 Å². The smallest absolute Gasteiger partial charge is 0.244 e. The van der Waals surface area contributed by atoms with Crippen LogP contribution in [0.15, 0.2) is 23.1 Å². The van der Waals surface area contributed by atoms with Crippen LogP contribution in [-0.4, -0.2) is 25.8 Å². The van der Waals surface area contributed by atoms with E-state index in [1.807, 2.05) is 6.92 Å². The SMILES string of the molecule is CCC(CC)CN(CC)S(=O)(=O)c1ccc(CN)cc1Cl. The molecule has 0 saturated heterocycles. The molecular formula is C15H25ClN2O2S. The Morgan fingerprint density at radius 1 is 1.24 bits per heavy atom. The van der Waals surface area contributed by atoms with E-state index in [4.69, 9.17) is 17.3 Å². The second-order valence-electron chi connectivity index (χ2n) is 5.11. The molecule has 1 aromatic rings. The Morgan fingerprint density at radius 2 is 1.86 bits per heavy atom. The Labute approximate surface area is 133 Å². The van der Waals surface area contributed by atoms with E-state index in [9.17, 15) is 8.42 Å². The first-order chi connectivity index (χ1) is 9.90. The third-order valence-electron chi connectivity index (χ3n) is 3.82. The van der Waals surface area contributed by atoms with Crippen molar-refractivity contribution < 1.29 is 8.42 Å². The van der Waals surface area contributed by atoms with Crippen LogP contribution in [-0.2, 0) is 16.6 Å². The van der Waals surface area contributed by atoms with Crippen LogP contribution in [0.2, 0.25) is 5.02 Å². The van der Waals surface area contributed by atoms with Gasteiger partial charge in [0, 0.05) is 19.6 Å². The number of hydrogen-bond acceptors (Lipinski definition) is 3. The minimum atomic E-state index is -3.56. The van der Waals surface area contributed by atoms with E-state index in [-0.39, 0.29) is 9.92 Å². The Kier molecular flexibility index (Phi) is 7.13. The first-order valence-corrected chi connectivity index (χ1v) is 9.21. The average molecular weight is 333 g/mol. The van der Waals surface area contributed by atoms with Gasteiger partial charge >= 0.3 is 0 Å². The molecule has 6 heteroatoms. The topological polar surface area (TPSA) is 63.4 Å². The minimum absolute atomic E-state index is 0.161. The molecule has 0 atom stereocenters. The first-order valence-electron chi connectivity index (χ1n) is 7.39. The molecule has 1 rings (SSSR count). The summed E-state index contributed by atoms with van der Waals surface area (Å²) in [5.41, 5.74) is 6.37. The summed E-state index contributed by atoms with van der Waals surface area (Å²) in [5, 5.41) is 0.237. The third-order valence-corrected chi connectivity index (χ3v) is 6.24. The Bertz CT molecular complexity index is 557. The Morgan fingerprint density at radius 3 is 2.29 bits per heavy atom. The number of hydrogen-bond donors (Lipinski definition) is 1. The predicted octanol–water partition coefficient (Wildman–Crippen LogP) is 3.25. The Balaban J connectivity index is 3.12. The highest BCUT2D eigenvalue weighted by Gasteiger charge is 2.27. The third kappa shape index (κ3) is 4.42. The van der Waals surface area contributed by atoms with Crippen LogP contribution in [0.1, 0.15) is 39.2 Å². The molecule has 0 bridgehead atoms. The monoisotopic (exact) mass is 332 g/mol. The first kappa shape index (κ1) is 18.4. The highest BCUT2D eigenvalue weighted by atomic mass is 35.5. The number of rotatable bonds is 8. The van der Waals surface area contributed by atoms with Gasteiger partial charge in [-0.3, -0.25) is 0 Å². The zero-order chi connectivity index (χ0) is 16.0. The molecule has 0 spiro atoms. The van der Waals surface area contributed by atoms with Crippen LogP contribution in [0.25, 0.3) is 0 Å². The fourth-order valence-corrected chi connectivity index (χ4v) is 4.32. The molecule has 4 nitrogen and oxygen atoms in total. The summed E-state index contributed by atoms with van der Waals surface area (Å²) in [5.74, 6) is 0.363. The second-order valence-corrected chi connectivity index (χ2v) is 7.42. The number of benzene rings is 1. The molecule has 0 aliphatic heterocycles. The van der Waals surface area contributed by atoms with Crippen molar-refractivity contribution >= 4 is 21.6 Å². The van der Waals surface area contributed by atoms with Gasteiger partial charge in [-0.15, -0.1) is 0 Å². The number of nitrogens with zero attached hydrogens (tertiary/aromatic N) is 1. The largest absolute Gasteiger partial charge is 0.326 e. The fourth-order valence-electron chi connectivity index (χ4n) is 2.25. The van der Waals surface area contributed by atoms with Crippen LogP contribution in [0.5, 0.6) is 0 Å². The molecule has 0 saturated carbocycles. The van der Waals surface area contributed by atoms with Crippen LogP contribution < -0.4 is 5.73 Å². The van der Waals surface area contributed by atoms with Crippen molar-refractivity contribution in [2.24, 2.45) is 11.7 Å². The van der Waals surface area contributed by atoms with E-state index in [0.717, 1.165) is 18.4 Å². The van der Waals surface area contributed by atoms with Crippen LogP contribution in [0.4, 0.5) is 0 Å². The highest BCUT2D eigenvalue weighted by molar-refractivity contribution is 7.89. The van der Waals surface area contributed by atoms with E-state index >= 15 is 0 Å². The van der Waals surface area contributed by atoms with Gasteiger partial charge in [0.1, 0.15) is 4.90 Å². The zero-order valence-electron chi connectivity index (χ0n) is 13.0. The summed E-state index contributed by atoms with van der Waals surface area (Å²) in [6.07, 6.45) is 1.92. The summed E-state index contributed by atoms with van der Waals surface area (Å²) in [4.78, 5) is 0.161. The quantitative estimate of drug-likeness (QED) is 0.794. The molecule has 0 radical (unpaired) electrons. The van der Waals surface area contributed by atoms with Gasteiger partial charge in [-0.25, -0.2) is 8.42 Å². The molecule has 21 heavy (non-hydrogen) atoms. The highest BCUT2D eigenvalue weighted by Crippen LogP contribution is 2.27. The van der Waals surface area contributed by atoms with Crippen LogP contribution >= 0.6 is 11.6 Å². The molecule has 0 fully saturated rings. The second kappa shape index (κ2) is 8.13. The standard InChI is InChI=1S/C15H25ClN2O2S/c1-4-12(5-2)11-18(6-3)21(19,20)15-8-7-13(10-17)9-14(15)16/h7-9,12H,4-6,10-11,17H2,1-3H3. The summed E-state index contributed by atoms with van der Waals surface area (Å²) in [6.45, 7) is 7.32. The van der Waals surface area contributed by atoms with Crippen molar-refractivity contribution in [3.8, 4) is 0 Å². The minimum Gasteiger partial charge on any atom is -0.326 e. The van der Waals surface area contributed by atoms with E-state index in [1.54, 1.807) is 18.2 Å². The molecular weight excluding hydrogens is 308 g/mol. The lowest BCUT2D eigenvalue weighted by Crippen LogP contribution is -2.35. The number of sulfonamides is 1. The van der Waals surface area contributed by atoms with E-state index < -0.39 is 10.0 Å². The summed E-state index contributed by atoms with van der Waals surface area (Å²) in [6, 6.07) is 4.89. The molecule has 0 unspecified atom stereocenters. The Hall–Kier alpha value is -0.620. The number of halogens is 1. The normalized spacial score (nSPS) is 12.3. The molecule has 120 valence electrons. The van der Waals surface area contributed by atoms with Crippen molar-refractivity contribution in [3.63, 3.8) is 0 Å². The van der Waals surface area contributed by atoms with Crippen molar-refractivity contribution in [3.05, 3.63) is 28.8 Å². The van der Waals surface area contributed by atoms with Gasteiger partial charge in [-0.1, -0.05) is 51.3 Å². The van der Waals surface area contributed by atoms with Crippen molar-refractivity contribution in [1.29, 1.82) is 0 Å². The molecule has 0 amide bonds. The van der Waals surface area contributed by atoms with Crippen molar-refractivity contribution in [2.75, 3.05) is 13.1 Å². The van der Waals surface area contributed by atoms with Gasteiger partial charge in [0.25, 0.3) is 0 Å². The average Bonchev–Trinajstić information content (AvgIpc) is 2.47. The lowest BCUT2D eigenvalue weighted by molar-refractivity contribution is 0.339. The lowest BCUT2D eigenvalue weighted by atomic mass is 10.0. The van der Waals surface area contributed by atoms with Crippen molar-refractivity contribution in [1.82, 2.24) is 4.31 Å². The molecule has 0 heterocycles. The molecule has 1 aromatic carbocycles. The van der Waals surface area contributed by atoms with Gasteiger partial charge in [0.05, 0.1) is 5.02 Å². The van der Waals surface area contributed by atoms with E-state index in [2.05, 4.69) is 13.8 Å². The van der Waals surface area contributed by atoms with E-state index in [1.165, 1.54) is 4.31 Å². The molecule has 0 aliphatic rings. The molecule has 0 aromatic heterocycles. The lowest BCUT2D eigenvalue weighted by Gasteiger charge is -2.25. The summed E-state index contributed by atoms with van der Waals surface area (Å²) < 4.78 is 27.0. The van der Waals surface area contributed by atoms with Gasteiger partial charge in [0.15, 0.2) is 0 Å². The van der Waals surface area contributed by atoms with Crippen molar-refractivity contribution in [2.45, 2.75) is 45.1 Å². The van der Waals surface area contributed by atoms with Crippen LogP contribution in [0.3, 0.4) is 0 Å². The maximum atomic E-state index is 12.8. The summed E-state index contributed by atoms with van der Waals surface area (Å²) >= 11 is 6.14. The maximum absolute atomic E-state index is 12.8. The van der Waals surface area contributed by atoms with Gasteiger partial charge in [-0.05, 0) is 23.6 Å². The number of nitrogens with two attached hydrogens (primary N) is 1. The van der Waals surface area contributed by atoms with E-state index in [0.29, 0.717) is 25.6 Å². The predicted molar refractivity (Wildman–Crippen MR) is 87.8 cm³/mol. The zero-order valence-corrected chi connectivity index (χ0v) is 14.5. The maximum Gasteiger partial charge on any atom is 0.244 e. The molecule has 2 N–H and O–H groups in total.